The highest BCUT2D eigenvalue weighted by Crippen LogP contribution is 2.12. The Morgan fingerprint density at radius 3 is 3.11 bits per heavy atom. The molecule has 0 saturated heterocycles. The van der Waals surface area contributed by atoms with E-state index in [1.54, 1.807) is 11.7 Å². The summed E-state index contributed by atoms with van der Waals surface area (Å²) in [6.45, 7) is 3.03. The van der Waals surface area contributed by atoms with Crippen molar-refractivity contribution in [2.45, 2.75) is 13.5 Å². The number of ether oxygens (including phenoxy) is 1. The van der Waals surface area contributed by atoms with E-state index in [1.165, 1.54) is 0 Å². The molecule has 2 N–H and O–H groups in total. The van der Waals surface area contributed by atoms with Gasteiger partial charge in [-0.05, 0) is 31.3 Å². The second-order valence-electron chi connectivity index (χ2n) is 4.18. The predicted octanol–water partition coefficient (Wildman–Crippen LogP) is 1.16. The van der Waals surface area contributed by atoms with Gasteiger partial charge in [0.2, 0.25) is 5.91 Å². The number of carbonyl (C=O) groups excluding carboxylic acids is 1. The molecule has 2 aromatic rings. The van der Waals surface area contributed by atoms with E-state index in [9.17, 15) is 4.79 Å². The van der Waals surface area contributed by atoms with Crippen LogP contribution in [0.1, 0.15) is 5.69 Å². The average Bonchev–Trinajstić information content (AvgIpc) is 2.66. The van der Waals surface area contributed by atoms with Crippen LogP contribution in [0.15, 0.2) is 12.1 Å². The second-order valence-corrected chi connectivity index (χ2v) is 4.57. The molecular formula is C12H16N4O2S. The Morgan fingerprint density at radius 2 is 2.37 bits per heavy atom. The van der Waals surface area contributed by atoms with Crippen LogP contribution in [0.4, 0.5) is 0 Å². The predicted molar refractivity (Wildman–Crippen MR) is 74.5 cm³/mol. The van der Waals surface area contributed by atoms with Gasteiger partial charge in [0, 0.05) is 19.3 Å². The molecule has 0 unspecified atom stereocenters. The normalized spacial score (nSPS) is 10.8. The number of rotatable bonds is 5. The maximum Gasteiger partial charge on any atom is 0.240 e. The molecule has 0 spiro atoms. The van der Waals surface area contributed by atoms with E-state index in [0.717, 1.165) is 11.2 Å². The van der Waals surface area contributed by atoms with E-state index in [1.807, 2.05) is 19.1 Å². The van der Waals surface area contributed by atoms with Crippen LogP contribution in [0.25, 0.3) is 11.2 Å². The summed E-state index contributed by atoms with van der Waals surface area (Å²) in [5, 5.41) is 2.76. The molecule has 0 aromatic carbocycles. The van der Waals surface area contributed by atoms with Gasteiger partial charge in [0.15, 0.2) is 10.4 Å². The van der Waals surface area contributed by atoms with E-state index >= 15 is 0 Å². The van der Waals surface area contributed by atoms with Gasteiger partial charge < -0.3 is 15.0 Å². The minimum Gasteiger partial charge on any atom is -0.383 e. The lowest BCUT2D eigenvalue weighted by atomic mass is 10.3. The van der Waals surface area contributed by atoms with Crippen LogP contribution in [0.3, 0.4) is 0 Å². The number of carbonyl (C=O) groups is 1. The molecule has 0 bridgehead atoms. The zero-order chi connectivity index (χ0) is 13.8. The Kier molecular flexibility index (Phi) is 4.28. The molecule has 2 rings (SSSR count). The fourth-order valence-electron chi connectivity index (χ4n) is 1.76. The smallest absolute Gasteiger partial charge is 0.240 e. The molecule has 7 heteroatoms. The molecule has 19 heavy (non-hydrogen) atoms. The minimum absolute atomic E-state index is 0.114. The van der Waals surface area contributed by atoms with E-state index < -0.39 is 0 Å². The summed E-state index contributed by atoms with van der Waals surface area (Å²) in [5.74, 6) is -0.114. The van der Waals surface area contributed by atoms with Crippen molar-refractivity contribution in [3.8, 4) is 0 Å². The van der Waals surface area contributed by atoms with Crippen LogP contribution in [0, 0.1) is 11.7 Å². The fourth-order valence-corrected chi connectivity index (χ4v) is 2.02. The number of hydrogen-bond donors (Lipinski definition) is 2. The van der Waals surface area contributed by atoms with E-state index in [-0.39, 0.29) is 12.5 Å². The lowest BCUT2D eigenvalue weighted by Crippen LogP contribution is -2.30. The summed E-state index contributed by atoms with van der Waals surface area (Å²) in [4.78, 5) is 19.2. The molecule has 0 fully saturated rings. The summed E-state index contributed by atoms with van der Waals surface area (Å²) in [7, 11) is 1.59. The number of aromatic nitrogens is 3. The Morgan fingerprint density at radius 1 is 1.58 bits per heavy atom. The third kappa shape index (κ3) is 3.18. The first-order valence-electron chi connectivity index (χ1n) is 5.93. The number of hydrogen-bond acceptors (Lipinski definition) is 4. The third-order valence-corrected chi connectivity index (χ3v) is 3.01. The molecule has 0 radical (unpaired) electrons. The highest BCUT2D eigenvalue weighted by Gasteiger charge is 2.09. The summed E-state index contributed by atoms with van der Waals surface area (Å²) >= 11 is 5.21. The summed E-state index contributed by atoms with van der Waals surface area (Å²) in [5.41, 5.74) is 2.42. The van der Waals surface area contributed by atoms with Gasteiger partial charge in [-0.2, -0.15) is 0 Å². The van der Waals surface area contributed by atoms with Crippen LogP contribution in [0.2, 0.25) is 0 Å². The lowest BCUT2D eigenvalue weighted by Gasteiger charge is -2.06. The zero-order valence-electron chi connectivity index (χ0n) is 10.9. The molecule has 6 nitrogen and oxygen atoms in total. The Labute approximate surface area is 115 Å². The summed E-state index contributed by atoms with van der Waals surface area (Å²) in [6.07, 6.45) is 0. The molecule has 0 aliphatic carbocycles. The molecule has 0 atom stereocenters. The first-order valence-corrected chi connectivity index (χ1v) is 6.34. The van der Waals surface area contributed by atoms with Gasteiger partial charge >= 0.3 is 0 Å². The van der Waals surface area contributed by atoms with Crippen molar-refractivity contribution in [1.82, 2.24) is 19.9 Å². The van der Waals surface area contributed by atoms with E-state index in [4.69, 9.17) is 17.0 Å². The molecular weight excluding hydrogens is 264 g/mol. The van der Waals surface area contributed by atoms with Gasteiger partial charge in [0.25, 0.3) is 0 Å². The number of pyridine rings is 1. The van der Waals surface area contributed by atoms with Crippen LogP contribution in [-0.4, -0.2) is 40.7 Å². The zero-order valence-corrected chi connectivity index (χ0v) is 11.7. The Hall–Kier alpha value is -1.73. The number of aromatic amines is 1. The Bertz CT molecular complexity index is 647. The number of imidazole rings is 1. The van der Waals surface area contributed by atoms with Gasteiger partial charge in [-0.15, -0.1) is 0 Å². The molecule has 1 amide bonds. The highest BCUT2D eigenvalue weighted by molar-refractivity contribution is 7.71. The number of aryl methyl sites for hydroxylation is 1. The number of fused-ring (bicyclic) bond motifs is 1. The van der Waals surface area contributed by atoms with Crippen molar-refractivity contribution in [3.63, 3.8) is 0 Å². The minimum atomic E-state index is -0.114. The summed E-state index contributed by atoms with van der Waals surface area (Å²) in [6, 6.07) is 3.81. The SMILES string of the molecule is COCCNC(=O)Cn1c(=S)[nH]c2ccc(C)nc21. The van der Waals surface area contributed by atoms with Crippen molar-refractivity contribution < 1.29 is 9.53 Å². The standard InChI is InChI=1S/C12H16N4O2S/c1-8-3-4-9-11(14-8)16(12(19)15-9)7-10(17)13-5-6-18-2/h3-4H,5-7H2,1-2H3,(H,13,17)(H,15,19). The Balaban J connectivity index is 2.20. The van der Waals surface area contributed by atoms with Crippen LogP contribution < -0.4 is 5.32 Å². The second kappa shape index (κ2) is 5.94. The average molecular weight is 280 g/mol. The maximum absolute atomic E-state index is 11.8. The molecule has 2 heterocycles. The van der Waals surface area contributed by atoms with Crippen molar-refractivity contribution in [2.24, 2.45) is 0 Å². The van der Waals surface area contributed by atoms with Crippen molar-refractivity contribution >= 4 is 29.3 Å². The number of methoxy groups -OCH3 is 1. The first kappa shape index (κ1) is 13.7. The third-order valence-electron chi connectivity index (χ3n) is 2.69. The van der Waals surface area contributed by atoms with Gasteiger partial charge in [0.1, 0.15) is 6.54 Å². The van der Waals surface area contributed by atoms with Gasteiger partial charge in [-0.1, -0.05) is 0 Å². The molecule has 102 valence electrons. The number of H-pyrrole nitrogens is 1. The number of nitrogens with one attached hydrogen (secondary N) is 2. The summed E-state index contributed by atoms with van der Waals surface area (Å²) < 4.78 is 7.07. The highest BCUT2D eigenvalue weighted by atomic mass is 32.1. The fraction of sp³-hybridized carbons (Fsp3) is 0.417. The molecule has 2 aromatic heterocycles. The van der Waals surface area contributed by atoms with Crippen molar-refractivity contribution in [2.75, 3.05) is 20.3 Å². The quantitative estimate of drug-likeness (QED) is 0.637. The van der Waals surface area contributed by atoms with Gasteiger partial charge in [-0.3, -0.25) is 9.36 Å². The molecule has 0 saturated carbocycles. The van der Waals surface area contributed by atoms with Gasteiger partial charge in [0.05, 0.1) is 12.1 Å². The topological polar surface area (TPSA) is 71.9 Å². The largest absolute Gasteiger partial charge is 0.383 e. The molecule has 0 aliphatic rings. The van der Waals surface area contributed by atoms with Crippen molar-refractivity contribution in [1.29, 1.82) is 0 Å². The van der Waals surface area contributed by atoms with E-state index in [2.05, 4.69) is 15.3 Å². The van der Waals surface area contributed by atoms with E-state index in [0.29, 0.717) is 23.6 Å². The van der Waals surface area contributed by atoms with Crippen molar-refractivity contribution in [3.05, 3.63) is 22.6 Å². The monoisotopic (exact) mass is 280 g/mol. The molecule has 0 aliphatic heterocycles. The number of nitrogens with zero attached hydrogens (tertiary/aromatic N) is 2. The van der Waals surface area contributed by atoms with Crippen LogP contribution in [-0.2, 0) is 16.1 Å². The first-order chi connectivity index (χ1) is 9.11. The van der Waals surface area contributed by atoms with Gasteiger partial charge in [-0.25, -0.2) is 4.98 Å². The number of amides is 1. The maximum atomic E-state index is 11.8. The van der Waals surface area contributed by atoms with Crippen LogP contribution >= 0.6 is 12.2 Å². The lowest BCUT2D eigenvalue weighted by molar-refractivity contribution is -0.121. The van der Waals surface area contributed by atoms with Crippen LogP contribution in [0.5, 0.6) is 0 Å².